The summed E-state index contributed by atoms with van der Waals surface area (Å²) in [7, 11) is 1.42. The molecule has 2 heterocycles. The number of carboxylic acid groups (broad SMARTS) is 1. The van der Waals surface area contributed by atoms with Crippen LogP contribution in [0.15, 0.2) is 33.9 Å². The number of aryl methyl sites for hydroxylation is 1. The number of aliphatic hydroxyl groups is 1. The number of rotatable bonds is 8. The fourth-order valence-corrected chi connectivity index (χ4v) is 2.89. The Hall–Kier alpha value is -3.31. The van der Waals surface area contributed by atoms with Crippen LogP contribution < -0.4 is 21.3 Å². The van der Waals surface area contributed by atoms with Crippen LogP contribution in [0, 0.1) is 0 Å². The van der Waals surface area contributed by atoms with Crippen molar-refractivity contribution in [3.8, 4) is 5.75 Å². The largest absolute Gasteiger partial charge is 0.491 e. The van der Waals surface area contributed by atoms with E-state index in [0.717, 1.165) is 4.57 Å². The lowest BCUT2D eigenvalue weighted by molar-refractivity contribution is -0.137. The lowest BCUT2D eigenvalue weighted by Gasteiger charge is -2.17. The number of ether oxygens (including phenoxy) is 1. The third kappa shape index (κ3) is 4.47. The summed E-state index contributed by atoms with van der Waals surface area (Å²) in [5.74, 6) is -0.618. The molecule has 0 amide bonds. The van der Waals surface area contributed by atoms with E-state index in [4.69, 9.17) is 16.3 Å². The molecule has 3 rings (SSSR count). The zero-order chi connectivity index (χ0) is 22.0. The van der Waals surface area contributed by atoms with Gasteiger partial charge in [-0.2, -0.15) is 4.98 Å². The van der Waals surface area contributed by atoms with Crippen LogP contribution in [0.2, 0.25) is 5.02 Å². The van der Waals surface area contributed by atoms with E-state index in [2.05, 4.69) is 15.3 Å². The minimum Gasteiger partial charge on any atom is -0.491 e. The van der Waals surface area contributed by atoms with Crippen LogP contribution in [0.25, 0.3) is 11.2 Å². The Labute approximate surface area is 174 Å². The molecule has 0 radical (unpaired) electrons. The number of nitrogens with one attached hydrogen (secondary N) is 2. The Kier molecular flexibility index (Phi) is 6.13. The van der Waals surface area contributed by atoms with Gasteiger partial charge in [-0.15, -0.1) is 0 Å². The smallest absolute Gasteiger partial charge is 0.329 e. The molecule has 0 spiro atoms. The zero-order valence-corrected chi connectivity index (χ0v) is 16.9. The summed E-state index contributed by atoms with van der Waals surface area (Å²) in [6.45, 7) is 1.15. The third-order valence-corrected chi connectivity index (χ3v) is 4.62. The molecule has 0 aliphatic heterocycles. The highest BCUT2D eigenvalue weighted by atomic mass is 35.5. The first-order valence-electron chi connectivity index (χ1n) is 8.92. The van der Waals surface area contributed by atoms with Gasteiger partial charge in [0.15, 0.2) is 11.2 Å². The van der Waals surface area contributed by atoms with Crippen molar-refractivity contribution in [1.82, 2.24) is 19.1 Å². The summed E-state index contributed by atoms with van der Waals surface area (Å²) in [4.78, 5) is 41.9. The van der Waals surface area contributed by atoms with E-state index < -0.39 is 29.4 Å². The van der Waals surface area contributed by atoms with Gasteiger partial charge in [0.2, 0.25) is 5.95 Å². The summed E-state index contributed by atoms with van der Waals surface area (Å²) < 4.78 is 7.97. The van der Waals surface area contributed by atoms with E-state index in [9.17, 15) is 24.6 Å². The second-order valence-electron chi connectivity index (χ2n) is 6.66. The van der Waals surface area contributed by atoms with Crippen LogP contribution >= 0.6 is 11.6 Å². The monoisotopic (exact) mass is 437 g/mol. The molecule has 2 aromatic heterocycles. The van der Waals surface area contributed by atoms with Crippen molar-refractivity contribution in [1.29, 1.82) is 0 Å². The van der Waals surface area contributed by atoms with Crippen molar-refractivity contribution < 1.29 is 19.7 Å². The highest BCUT2D eigenvalue weighted by Crippen LogP contribution is 2.18. The SMILES string of the molecule is C[C@@H](Nc1nc2c(c(=O)[nH]c(=O)n2C)n1C[C@H](O)COc1ccc(Cl)cc1)C(=O)O. The predicted octanol–water partition coefficient (Wildman–Crippen LogP) is 0.402. The number of aromatic amines is 1. The first-order valence-corrected chi connectivity index (χ1v) is 9.30. The molecular formula is C18H20ClN5O6. The molecule has 0 saturated carbocycles. The summed E-state index contributed by atoms with van der Waals surface area (Å²) in [6, 6.07) is 5.54. The van der Waals surface area contributed by atoms with Gasteiger partial charge in [0.25, 0.3) is 5.56 Å². The fourth-order valence-electron chi connectivity index (χ4n) is 2.76. The van der Waals surface area contributed by atoms with E-state index >= 15 is 0 Å². The quantitative estimate of drug-likeness (QED) is 0.395. The minimum atomic E-state index is -1.14. The van der Waals surface area contributed by atoms with Gasteiger partial charge in [0.05, 0.1) is 6.54 Å². The first-order chi connectivity index (χ1) is 14.2. The van der Waals surface area contributed by atoms with Crippen LogP contribution in [-0.4, -0.2) is 54.0 Å². The predicted molar refractivity (Wildman–Crippen MR) is 109 cm³/mol. The van der Waals surface area contributed by atoms with Gasteiger partial charge in [-0.3, -0.25) is 19.1 Å². The van der Waals surface area contributed by atoms with E-state index in [1.807, 2.05) is 0 Å². The summed E-state index contributed by atoms with van der Waals surface area (Å²) in [5.41, 5.74) is -1.30. The third-order valence-electron chi connectivity index (χ3n) is 4.37. The van der Waals surface area contributed by atoms with Gasteiger partial charge >= 0.3 is 11.7 Å². The fraction of sp³-hybridized carbons (Fsp3) is 0.333. The Balaban J connectivity index is 1.92. The van der Waals surface area contributed by atoms with Crippen molar-refractivity contribution in [3.05, 3.63) is 50.1 Å². The van der Waals surface area contributed by atoms with Crippen LogP contribution in [0.4, 0.5) is 5.95 Å². The maximum absolute atomic E-state index is 12.4. The second-order valence-corrected chi connectivity index (χ2v) is 7.10. The van der Waals surface area contributed by atoms with E-state index in [0.29, 0.717) is 10.8 Å². The normalized spacial score (nSPS) is 13.2. The molecule has 0 aliphatic rings. The Morgan fingerprint density at radius 3 is 2.63 bits per heavy atom. The lowest BCUT2D eigenvalue weighted by Crippen LogP contribution is -2.32. The molecule has 0 fully saturated rings. The molecule has 0 unspecified atom stereocenters. The molecule has 30 heavy (non-hydrogen) atoms. The van der Waals surface area contributed by atoms with Gasteiger partial charge in [-0.25, -0.2) is 4.79 Å². The van der Waals surface area contributed by atoms with E-state index in [-0.39, 0.29) is 30.3 Å². The van der Waals surface area contributed by atoms with Gasteiger partial charge in [0, 0.05) is 12.1 Å². The molecule has 0 bridgehead atoms. The number of aromatic nitrogens is 4. The maximum Gasteiger partial charge on any atom is 0.329 e. The lowest BCUT2D eigenvalue weighted by atomic mass is 10.3. The molecular weight excluding hydrogens is 418 g/mol. The number of hydrogen-bond donors (Lipinski definition) is 4. The van der Waals surface area contributed by atoms with Crippen molar-refractivity contribution in [2.75, 3.05) is 11.9 Å². The van der Waals surface area contributed by atoms with Crippen molar-refractivity contribution in [2.45, 2.75) is 25.6 Å². The summed E-state index contributed by atoms with van der Waals surface area (Å²) >= 11 is 5.82. The number of anilines is 1. The number of carboxylic acids is 1. The summed E-state index contributed by atoms with van der Waals surface area (Å²) in [5, 5.41) is 22.8. The summed E-state index contributed by atoms with van der Waals surface area (Å²) in [6.07, 6.45) is -1.07. The average molecular weight is 438 g/mol. The number of fused-ring (bicyclic) bond motifs is 1. The second kappa shape index (κ2) is 8.59. The number of aliphatic hydroxyl groups excluding tert-OH is 1. The van der Waals surface area contributed by atoms with Crippen molar-refractivity contribution >= 4 is 34.7 Å². The number of hydrogen-bond acceptors (Lipinski definition) is 7. The van der Waals surface area contributed by atoms with Crippen LogP contribution in [0.1, 0.15) is 6.92 Å². The van der Waals surface area contributed by atoms with Gasteiger partial charge in [-0.05, 0) is 31.2 Å². The molecule has 3 aromatic rings. The number of aliphatic carboxylic acids is 1. The molecule has 11 nitrogen and oxygen atoms in total. The molecule has 1 aromatic carbocycles. The van der Waals surface area contributed by atoms with Crippen LogP contribution in [0.5, 0.6) is 5.75 Å². The van der Waals surface area contributed by atoms with E-state index in [1.165, 1.54) is 18.5 Å². The Bertz CT molecular complexity index is 1180. The van der Waals surface area contributed by atoms with Crippen molar-refractivity contribution in [2.24, 2.45) is 7.05 Å². The molecule has 160 valence electrons. The molecule has 4 N–H and O–H groups in total. The highest BCUT2D eigenvalue weighted by molar-refractivity contribution is 6.30. The Morgan fingerprint density at radius 1 is 1.33 bits per heavy atom. The zero-order valence-electron chi connectivity index (χ0n) is 16.1. The topological polar surface area (TPSA) is 151 Å². The number of carbonyl (C=O) groups is 1. The van der Waals surface area contributed by atoms with Gasteiger partial charge in [0.1, 0.15) is 24.5 Å². The number of H-pyrrole nitrogens is 1. The minimum absolute atomic E-state index is 0.0164. The molecule has 2 atom stereocenters. The maximum atomic E-state index is 12.4. The highest BCUT2D eigenvalue weighted by Gasteiger charge is 2.22. The first kappa shape index (κ1) is 21.4. The number of benzene rings is 1. The number of nitrogens with zero attached hydrogens (tertiary/aromatic N) is 3. The number of halogens is 1. The van der Waals surface area contributed by atoms with Gasteiger partial charge in [-0.1, -0.05) is 11.6 Å². The Morgan fingerprint density at radius 2 is 2.00 bits per heavy atom. The molecule has 0 saturated heterocycles. The standard InChI is InChI=1S/C18H20ClN5O6/c1-9(16(27)28)20-17-21-14-13(15(26)22-18(29)23(14)2)24(17)7-11(25)8-30-12-5-3-10(19)4-6-12/h3-6,9,11,25H,7-8H2,1-2H3,(H,20,21)(H,27,28)(H,22,26,29)/t9-,11+/m1/s1. The number of imidazole rings is 1. The van der Waals surface area contributed by atoms with Gasteiger partial charge < -0.3 is 24.8 Å². The molecule has 12 heteroatoms. The van der Waals surface area contributed by atoms with E-state index in [1.54, 1.807) is 24.3 Å². The average Bonchev–Trinajstić information content (AvgIpc) is 3.04. The molecule has 0 aliphatic carbocycles. The van der Waals surface area contributed by atoms with Crippen LogP contribution in [0.3, 0.4) is 0 Å². The van der Waals surface area contributed by atoms with Crippen molar-refractivity contribution in [3.63, 3.8) is 0 Å². The van der Waals surface area contributed by atoms with Crippen LogP contribution in [-0.2, 0) is 18.4 Å².